The highest BCUT2D eigenvalue weighted by Crippen LogP contribution is 2.48. The van der Waals surface area contributed by atoms with Crippen LogP contribution in [0, 0.1) is 0 Å². The molecular formula is C14H19N3O2. The summed E-state index contributed by atoms with van der Waals surface area (Å²) in [6.45, 7) is 0. The van der Waals surface area contributed by atoms with E-state index in [9.17, 15) is 9.90 Å². The molecule has 102 valence electrons. The Morgan fingerprint density at radius 3 is 2.47 bits per heavy atom. The topological polar surface area (TPSA) is 88.2 Å². The number of carbonyl (C=O) groups excluding carboxylic acids is 1. The first kappa shape index (κ1) is 12.4. The molecule has 4 rings (SSSR count). The number of pyridine rings is 1. The smallest absolute Gasteiger partial charge is 0.252 e. The van der Waals surface area contributed by atoms with E-state index in [0.29, 0.717) is 5.56 Å². The third-order valence-electron chi connectivity index (χ3n) is 4.69. The maximum absolute atomic E-state index is 11.4. The average Bonchev–Trinajstić information content (AvgIpc) is 2.41. The summed E-state index contributed by atoms with van der Waals surface area (Å²) in [6.07, 6.45) is 8.46. The van der Waals surface area contributed by atoms with Gasteiger partial charge in [-0.3, -0.25) is 9.78 Å². The van der Waals surface area contributed by atoms with E-state index in [4.69, 9.17) is 5.73 Å². The molecule has 0 spiro atoms. The van der Waals surface area contributed by atoms with Crippen LogP contribution in [0.1, 0.15) is 48.9 Å². The Bertz CT molecular complexity index is 491. The van der Waals surface area contributed by atoms with E-state index in [-0.39, 0.29) is 5.54 Å². The number of aliphatic hydroxyl groups is 1. The fourth-order valence-electron chi connectivity index (χ4n) is 3.34. The lowest BCUT2D eigenvalue weighted by Crippen LogP contribution is -2.54. The van der Waals surface area contributed by atoms with Crippen LogP contribution in [0.25, 0.3) is 0 Å². The molecule has 0 unspecified atom stereocenters. The van der Waals surface area contributed by atoms with Crippen LogP contribution in [0.5, 0.6) is 0 Å². The van der Waals surface area contributed by atoms with Crippen molar-refractivity contribution in [3.63, 3.8) is 0 Å². The normalized spacial score (nSPS) is 33.1. The molecule has 0 aliphatic heterocycles. The van der Waals surface area contributed by atoms with Gasteiger partial charge in [-0.15, -0.1) is 0 Å². The molecule has 1 aromatic rings. The first-order valence-electron chi connectivity index (χ1n) is 6.76. The minimum absolute atomic E-state index is 0.00394. The maximum atomic E-state index is 11.4. The van der Waals surface area contributed by atoms with E-state index >= 15 is 0 Å². The summed E-state index contributed by atoms with van der Waals surface area (Å²) in [7, 11) is 0. The number of anilines is 1. The lowest BCUT2D eigenvalue weighted by Gasteiger charge is -2.51. The van der Waals surface area contributed by atoms with Gasteiger partial charge in [-0.1, -0.05) is 0 Å². The molecule has 0 saturated heterocycles. The molecular weight excluding hydrogens is 242 g/mol. The van der Waals surface area contributed by atoms with Crippen LogP contribution in [-0.4, -0.2) is 27.1 Å². The molecule has 3 saturated carbocycles. The quantitative estimate of drug-likeness (QED) is 0.768. The van der Waals surface area contributed by atoms with Gasteiger partial charge in [0.1, 0.15) is 0 Å². The summed E-state index contributed by atoms with van der Waals surface area (Å²) in [5.41, 5.74) is 6.11. The molecule has 1 heterocycles. The van der Waals surface area contributed by atoms with Crippen molar-refractivity contribution in [3.8, 4) is 0 Å². The number of nitrogens with one attached hydrogen (secondary N) is 1. The number of hydrogen-bond acceptors (Lipinski definition) is 4. The minimum Gasteiger partial charge on any atom is -0.390 e. The summed E-state index contributed by atoms with van der Waals surface area (Å²) in [5.74, 6) is -0.463. The Labute approximate surface area is 112 Å². The average molecular weight is 261 g/mol. The summed E-state index contributed by atoms with van der Waals surface area (Å²) in [5, 5.41) is 13.7. The van der Waals surface area contributed by atoms with Crippen molar-refractivity contribution >= 4 is 11.6 Å². The second-order valence-corrected chi connectivity index (χ2v) is 5.92. The zero-order chi connectivity index (χ0) is 13.5. The molecule has 19 heavy (non-hydrogen) atoms. The first-order valence-corrected chi connectivity index (χ1v) is 6.76. The number of fused-ring (bicyclic) bond motifs is 3. The van der Waals surface area contributed by atoms with Gasteiger partial charge in [0.15, 0.2) is 0 Å². The minimum atomic E-state index is -0.463. The van der Waals surface area contributed by atoms with Crippen LogP contribution < -0.4 is 11.1 Å². The van der Waals surface area contributed by atoms with E-state index in [1.165, 1.54) is 6.20 Å². The van der Waals surface area contributed by atoms with Gasteiger partial charge in [-0.25, -0.2) is 0 Å². The number of nitrogens with zero attached hydrogens (tertiary/aromatic N) is 1. The van der Waals surface area contributed by atoms with Crippen molar-refractivity contribution in [3.05, 3.63) is 24.0 Å². The zero-order valence-electron chi connectivity index (χ0n) is 10.9. The van der Waals surface area contributed by atoms with Gasteiger partial charge in [-0.2, -0.15) is 0 Å². The Morgan fingerprint density at radius 2 is 1.89 bits per heavy atom. The molecule has 4 N–H and O–H groups in total. The van der Waals surface area contributed by atoms with E-state index in [2.05, 4.69) is 10.3 Å². The zero-order valence-corrected chi connectivity index (χ0v) is 10.9. The van der Waals surface area contributed by atoms with E-state index in [1.807, 2.05) is 0 Å². The van der Waals surface area contributed by atoms with Crippen molar-refractivity contribution < 1.29 is 9.90 Å². The monoisotopic (exact) mass is 261 g/mol. The van der Waals surface area contributed by atoms with Gasteiger partial charge >= 0.3 is 0 Å². The summed E-state index contributed by atoms with van der Waals surface area (Å²) >= 11 is 0. The molecule has 0 radical (unpaired) electrons. The Hall–Kier alpha value is -1.62. The van der Waals surface area contributed by atoms with Crippen LogP contribution in [0.15, 0.2) is 18.5 Å². The van der Waals surface area contributed by atoms with Crippen LogP contribution in [0.4, 0.5) is 5.69 Å². The molecule has 2 bridgehead atoms. The fraction of sp³-hybridized carbons (Fsp3) is 0.571. The number of nitrogens with two attached hydrogens (primary N) is 1. The SMILES string of the molecule is NC(=O)c1cnccc1NC12CCC(O)(CC1)CC2. The predicted octanol–water partition coefficient (Wildman–Crippen LogP) is 1.43. The standard InChI is InChI=1S/C14H19N3O2/c15-12(18)10-9-16-8-1-11(10)17-13-2-5-14(19,6-3-13)7-4-13/h1,8-9,19H,2-7H2,(H2,15,18)(H,16,17). The second-order valence-electron chi connectivity index (χ2n) is 5.92. The molecule has 0 atom stereocenters. The molecule has 5 heteroatoms. The highest BCUT2D eigenvalue weighted by Gasteiger charge is 2.47. The van der Waals surface area contributed by atoms with Crippen molar-refractivity contribution in [2.24, 2.45) is 5.73 Å². The number of amides is 1. The van der Waals surface area contributed by atoms with E-state index < -0.39 is 11.5 Å². The van der Waals surface area contributed by atoms with E-state index in [0.717, 1.165) is 44.2 Å². The summed E-state index contributed by atoms with van der Waals surface area (Å²) in [6, 6.07) is 1.80. The lowest BCUT2D eigenvalue weighted by atomic mass is 9.63. The van der Waals surface area contributed by atoms with Gasteiger partial charge in [0.2, 0.25) is 0 Å². The van der Waals surface area contributed by atoms with Gasteiger partial charge < -0.3 is 16.2 Å². The number of primary amides is 1. The second kappa shape index (κ2) is 4.20. The number of carbonyl (C=O) groups is 1. The Morgan fingerprint density at radius 1 is 1.26 bits per heavy atom. The highest BCUT2D eigenvalue weighted by atomic mass is 16.3. The van der Waals surface area contributed by atoms with Crippen molar-refractivity contribution in [2.75, 3.05) is 5.32 Å². The molecule has 3 aliphatic carbocycles. The van der Waals surface area contributed by atoms with Crippen molar-refractivity contribution in [1.82, 2.24) is 4.98 Å². The molecule has 1 amide bonds. The van der Waals surface area contributed by atoms with E-state index in [1.54, 1.807) is 12.3 Å². The fourth-order valence-corrected chi connectivity index (χ4v) is 3.34. The molecule has 0 aromatic carbocycles. The Balaban J connectivity index is 1.84. The highest BCUT2D eigenvalue weighted by molar-refractivity contribution is 5.98. The van der Waals surface area contributed by atoms with Crippen LogP contribution in [0.2, 0.25) is 0 Å². The maximum Gasteiger partial charge on any atom is 0.252 e. The van der Waals surface area contributed by atoms with Crippen LogP contribution in [0.3, 0.4) is 0 Å². The predicted molar refractivity (Wildman–Crippen MR) is 71.8 cm³/mol. The van der Waals surface area contributed by atoms with Crippen molar-refractivity contribution in [2.45, 2.75) is 49.7 Å². The van der Waals surface area contributed by atoms with Gasteiger partial charge in [0, 0.05) is 17.9 Å². The Kier molecular flexibility index (Phi) is 2.74. The van der Waals surface area contributed by atoms with Gasteiger partial charge in [0.05, 0.1) is 16.9 Å². The molecule has 3 aliphatic rings. The third kappa shape index (κ3) is 2.18. The molecule has 1 aromatic heterocycles. The summed E-state index contributed by atoms with van der Waals surface area (Å²) in [4.78, 5) is 15.4. The summed E-state index contributed by atoms with van der Waals surface area (Å²) < 4.78 is 0. The van der Waals surface area contributed by atoms with Gasteiger partial charge in [-0.05, 0) is 44.6 Å². The van der Waals surface area contributed by atoms with Crippen molar-refractivity contribution in [1.29, 1.82) is 0 Å². The number of hydrogen-bond donors (Lipinski definition) is 3. The third-order valence-corrected chi connectivity index (χ3v) is 4.69. The number of rotatable bonds is 3. The molecule has 3 fully saturated rings. The van der Waals surface area contributed by atoms with Gasteiger partial charge in [0.25, 0.3) is 5.91 Å². The molecule has 5 nitrogen and oxygen atoms in total. The lowest BCUT2D eigenvalue weighted by molar-refractivity contribution is -0.0580. The van der Waals surface area contributed by atoms with Crippen LogP contribution >= 0.6 is 0 Å². The first-order chi connectivity index (χ1) is 9.02. The number of aromatic nitrogens is 1. The largest absolute Gasteiger partial charge is 0.390 e. The van der Waals surface area contributed by atoms with Crippen LogP contribution in [-0.2, 0) is 0 Å².